The van der Waals surface area contributed by atoms with Gasteiger partial charge in [-0.1, -0.05) is 6.07 Å². The van der Waals surface area contributed by atoms with Crippen molar-refractivity contribution >= 4 is 17.5 Å². The number of carbonyl (C=O) groups excluding carboxylic acids is 1. The highest BCUT2D eigenvalue weighted by Crippen LogP contribution is 2.64. The Hall–Kier alpha value is -1.24. The lowest BCUT2D eigenvalue weighted by Crippen LogP contribution is -2.68. The van der Waals surface area contributed by atoms with Crippen molar-refractivity contribution in [1.29, 1.82) is 0 Å². The molecule has 1 saturated heterocycles. The van der Waals surface area contributed by atoms with Gasteiger partial charge in [0.1, 0.15) is 0 Å². The number of phenols is 1. The maximum atomic E-state index is 13.0. The third-order valence-corrected chi connectivity index (χ3v) is 8.10. The number of aromatic hydroxyl groups is 1. The third kappa shape index (κ3) is 1.90. The topological polar surface area (TPSA) is 70.0 Å². The lowest BCUT2D eigenvalue weighted by Gasteiger charge is -2.59. The van der Waals surface area contributed by atoms with Crippen molar-refractivity contribution in [3.8, 4) is 11.5 Å². The number of aliphatic hydroxyl groups excluding tert-OH is 1. The second kappa shape index (κ2) is 5.38. The van der Waals surface area contributed by atoms with E-state index in [0.717, 1.165) is 24.9 Å². The molecule has 1 aromatic carbocycles. The van der Waals surface area contributed by atoms with E-state index in [1.54, 1.807) is 17.8 Å². The van der Waals surface area contributed by atoms with Gasteiger partial charge in [-0.05, 0) is 38.1 Å². The minimum atomic E-state index is -0.456. The zero-order chi connectivity index (χ0) is 17.3. The molecule has 2 N–H and O–H groups in total. The van der Waals surface area contributed by atoms with E-state index >= 15 is 0 Å². The average Bonchev–Trinajstić information content (AvgIpc) is 2.95. The SMILES string of the molecule is CN1CC[C@]23c4c5ccc(O)c4O[C@H]2C(=O)C[C@H](SCCO)[C@H]3[C@H]1C5. The molecule has 2 aliphatic carbocycles. The average molecular weight is 361 g/mol. The minimum absolute atomic E-state index is 0.137. The van der Waals surface area contributed by atoms with Crippen LogP contribution in [0.15, 0.2) is 12.1 Å². The second-order valence-electron chi connectivity index (χ2n) is 7.82. The lowest BCUT2D eigenvalue weighted by molar-refractivity contribution is -0.137. The van der Waals surface area contributed by atoms with Gasteiger partial charge in [0.05, 0.1) is 12.0 Å². The molecule has 2 bridgehead atoms. The van der Waals surface area contributed by atoms with E-state index in [-0.39, 0.29) is 28.8 Å². The van der Waals surface area contributed by atoms with Gasteiger partial charge in [0.15, 0.2) is 23.4 Å². The minimum Gasteiger partial charge on any atom is -0.504 e. The van der Waals surface area contributed by atoms with Crippen LogP contribution in [0.1, 0.15) is 24.0 Å². The number of ketones is 1. The molecule has 4 aliphatic rings. The Morgan fingerprint density at radius 3 is 3.04 bits per heavy atom. The highest BCUT2D eigenvalue weighted by Gasteiger charge is 2.68. The Kier molecular flexibility index (Phi) is 3.44. The number of carbonyl (C=O) groups is 1. The lowest BCUT2D eigenvalue weighted by atomic mass is 9.51. The molecule has 1 spiro atoms. The van der Waals surface area contributed by atoms with Gasteiger partial charge >= 0.3 is 0 Å². The molecule has 1 aromatic rings. The molecule has 5 rings (SSSR count). The summed E-state index contributed by atoms with van der Waals surface area (Å²) in [5.74, 6) is 1.84. The monoisotopic (exact) mass is 361 g/mol. The number of likely N-dealkylation sites (N-methyl/N-ethyl adjacent to an activating group) is 1. The van der Waals surface area contributed by atoms with Crippen LogP contribution in [-0.4, -0.2) is 64.2 Å². The van der Waals surface area contributed by atoms with Crippen molar-refractivity contribution in [2.24, 2.45) is 5.92 Å². The molecule has 0 aromatic heterocycles. The number of thioether (sulfide) groups is 1. The first-order chi connectivity index (χ1) is 12.1. The maximum Gasteiger partial charge on any atom is 0.175 e. The molecule has 134 valence electrons. The van der Waals surface area contributed by atoms with Crippen LogP contribution in [0.3, 0.4) is 0 Å². The molecule has 0 amide bonds. The molecule has 2 heterocycles. The van der Waals surface area contributed by atoms with Crippen LogP contribution in [-0.2, 0) is 16.6 Å². The van der Waals surface area contributed by atoms with E-state index in [2.05, 4.69) is 11.9 Å². The highest BCUT2D eigenvalue weighted by atomic mass is 32.2. The van der Waals surface area contributed by atoms with Gasteiger partial charge in [-0.25, -0.2) is 0 Å². The molecule has 0 radical (unpaired) electrons. The van der Waals surface area contributed by atoms with E-state index < -0.39 is 6.10 Å². The first-order valence-electron chi connectivity index (χ1n) is 9.05. The third-order valence-electron chi connectivity index (χ3n) is 6.79. The second-order valence-corrected chi connectivity index (χ2v) is 9.16. The van der Waals surface area contributed by atoms with Gasteiger partial charge in [-0.15, -0.1) is 0 Å². The Balaban J connectivity index is 1.72. The molecule has 6 heteroatoms. The van der Waals surface area contributed by atoms with Gasteiger partial charge in [0.25, 0.3) is 0 Å². The summed E-state index contributed by atoms with van der Waals surface area (Å²) in [5.41, 5.74) is 2.03. The van der Waals surface area contributed by atoms with E-state index in [1.165, 1.54) is 5.56 Å². The number of benzene rings is 1. The molecular weight excluding hydrogens is 338 g/mol. The summed E-state index contributed by atoms with van der Waals surface area (Å²) in [6.07, 6.45) is 1.87. The number of phenolic OH excluding ortho intramolecular Hbond substituents is 1. The predicted molar refractivity (Wildman–Crippen MR) is 95.4 cm³/mol. The Bertz CT molecular complexity index is 753. The van der Waals surface area contributed by atoms with Crippen LogP contribution >= 0.6 is 11.8 Å². The first-order valence-corrected chi connectivity index (χ1v) is 10.1. The normalized spacial score (nSPS) is 38.4. The summed E-state index contributed by atoms with van der Waals surface area (Å²) in [5, 5.41) is 19.9. The van der Waals surface area contributed by atoms with Crippen molar-refractivity contribution in [2.45, 2.75) is 42.1 Å². The summed E-state index contributed by atoms with van der Waals surface area (Å²) in [7, 11) is 2.18. The van der Waals surface area contributed by atoms with Crippen LogP contribution in [0, 0.1) is 5.92 Å². The van der Waals surface area contributed by atoms with E-state index in [1.807, 2.05) is 6.07 Å². The number of likely N-dealkylation sites (tertiary alicyclic amines) is 1. The number of ether oxygens (including phenoxy) is 1. The zero-order valence-corrected chi connectivity index (χ0v) is 15.1. The van der Waals surface area contributed by atoms with Crippen LogP contribution in [0.25, 0.3) is 0 Å². The van der Waals surface area contributed by atoms with Gasteiger partial charge in [0.2, 0.25) is 0 Å². The van der Waals surface area contributed by atoms with Crippen molar-refractivity contribution in [1.82, 2.24) is 4.90 Å². The molecule has 5 atom stereocenters. The number of hydrogen-bond donors (Lipinski definition) is 2. The standard InChI is InChI=1S/C19H23NO4S/c1-20-5-4-19-15-10-2-3-12(22)17(15)24-18(19)13(23)9-14(25-7-6-21)16(19)11(20)8-10/h2-3,11,14,16,18,21-22H,4-9H2,1H3/t11-,14+,16-,18+,19-/m1/s1. The molecule has 1 saturated carbocycles. The molecule has 5 nitrogen and oxygen atoms in total. The van der Waals surface area contributed by atoms with Crippen molar-refractivity contribution in [3.05, 3.63) is 23.3 Å². The van der Waals surface area contributed by atoms with Gasteiger partial charge in [-0.3, -0.25) is 4.79 Å². The summed E-state index contributed by atoms with van der Waals surface area (Å²) >= 11 is 1.73. The van der Waals surface area contributed by atoms with Crippen LogP contribution < -0.4 is 4.74 Å². The van der Waals surface area contributed by atoms with E-state index in [9.17, 15) is 15.0 Å². The molecule has 0 unspecified atom stereocenters. The number of Topliss-reactive ketones (excluding diaryl/α,β-unsaturated/α-hetero) is 1. The smallest absolute Gasteiger partial charge is 0.175 e. The number of aliphatic hydroxyl groups is 1. The molecule has 25 heavy (non-hydrogen) atoms. The van der Waals surface area contributed by atoms with Gasteiger partial charge < -0.3 is 19.8 Å². The Labute approximate surface area is 151 Å². The summed E-state index contributed by atoms with van der Waals surface area (Å²) in [6.45, 7) is 1.08. The molecule has 2 aliphatic heterocycles. The zero-order valence-electron chi connectivity index (χ0n) is 14.3. The van der Waals surface area contributed by atoms with Gasteiger partial charge in [-0.2, -0.15) is 11.8 Å². The summed E-state index contributed by atoms with van der Waals surface area (Å²) in [6, 6.07) is 4.10. The number of piperidine rings is 1. The fourth-order valence-corrected chi connectivity index (χ4v) is 7.24. The Morgan fingerprint density at radius 2 is 2.24 bits per heavy atom. The molecular formula is C19H23NO4S. The van der Waals surface area contributed by atoms with Crippen molar-refractivity contribution in [2.75, 3.05) is 26.0 Å². The largest absolute Gasteiger partial charge is 0.504 e. The Morgan fingerprint density at radius 1 is 1.40 bits per heavy atom. The number of hydrogen-bond acceptors (Lipinski definition) is 6. The highest BCUT2D eigenvalue weighted by molar-refractivity contribution is 7.99. The van der Waals surface area contributed by atoms with E-state index in [0.29, 0.717) is 29.9 Å². The van der Waals surface area contributed by atoms with Crippen LogP contribution in [0.2, 0.25) is 0 Å². The van der Waals surface area contributed by atoms with Crippen LogP contribution in [0.5, 0.6) is 11.5 Å². The molecule has 2 fully saturated rings. The van der Waals surface area contributed by atoms with Crippen LogP contribution in [0.4, 0.5) is 0 Å². The fourth-order valence-electron chi connectivity index (χ4n) is 5.91. The van der Waals surface area contributed by atoms with Gasteiger partial charge in [0, 0.05) is 34.9 Å². The summed E-state index contributed by atoms with van der Waals surface area (Å²) < 4.78 is 6.13. The van der Waals surface area contributed by atoms with Crippen molar-refractivity contribution in [3.63, 3.8) is 0 Å². The number of nitrogens with zero attached hydrogens (tertiary/aromatic N) is 1. The first kappa shape index (κ1) is 16.0. The predicted octanol–water partition coefficient (Wildman–Crippen LogP) is 1.33. The quantitative estimate of drug-likeness (QED) is 0.847. The van der Waals surface area contributed by atoms with E-state index in [4.69, 9.17) is 4.74 Å². The van der Waals surface area contributed by atoms with Crippen molar-refractivity contribution < 1.29 is 19.7 Å². The number of rotatable bonds is 3. The summed E-state index contributed by atoms with van der Waals surface area (Å²) in [4.78, 5) is 15.4. The fraction of sp³-hybridized carbons (Fsp3) is 0.632. The maximum absolute atomic E-state index is 13.0.